The van der Waals surface area contributed by atoms with Gasteiger partial charge >= 0.3 is 5.97 Å². The number of carbonyl (C=O) groups excluding carboxylic acids is 2. The predicted molar refractivity (Wildman–Crippen MR) is 111 cm³/mol. The van der Waals surface area contributed by atoms with Crippen molar-refractivity contribution in [3.8, 4) is 5.75 Å². The molecule has 1 aliphatic heterocycles. The minimum absolute atomic E-state index is 0.286. The maximum atomic E-state index is 13.5. The van der Waals surface area contributed by atoms with E-state index in [1.54, 1.807) is 35.2 Å². The number of hydrogen-bond donors (Lipinski definition) is 0. The number of methoxy groups -OCH3 is 1. The highest BCUT2D eigenvalue weighted by atomic mass is 35.5. The second kappa shape index (κ2) is 9.34. The van der Waals surface area contributed by atoms with Gasteiger partial charge in [-0.05, 0) is 24.6 Å². The second-order valence-electron chi connectivity index (χ2n) is 6.30. The second-order valence-corrected chi connectivity index (χ2v) is 7.82. The summed E-state index contributed by atoms with van der Waals surface area (Å²) in [6.07, 6.45) is 0.722. The van der Waals surface area contributed by atoms with E-state index in [1.165, 1.54) is 18.9 Å². The third-order valence-corrected chi connectivity index (χ3v) is 6.11. The van der Waals surface area contributed by atoms with Crippen LogP contribution in [0.4, 0.5) is 0 Å². The standard InChI is InChI=1S/C21H22ClNO4S/c1-3-12-27-21(25)17-13-28-20(14-8-4-6-10-16(14)22)23(17)19(24)15-9-5-7-11-18(15)26-2/h4-11,17,20H,3,12-13H2,1-2H3/t17-,20+/m0/s1. The summed E-state index contributed by atoms with van der Waals surface area (Å²) < 4.78 is 10.7. The third kappa shape index (κ3) is 4.13. The maximum Gasteiger partial charge on any atom is 0.329 e. The molecule has 0 saturated carbocycles. The highest BCUT2D eigenvalue weighted by molar-refractivity contribution is 7.99. The van der Waals surface area contributed by atoms with Crippen molar-refractivity contribution in [2.24, 2.45) is 0 Å². The molecule has 2 aromatic carbocycles. The first-order chi connectivity index (χ1) is 13.6. The van der Waals surface area contributed by atoms with Gasteiger partial charge in [0.15, 0.2) is 0 Å². The Morgan fingerprint density at radius 2 is 1.89 bits per heavy atom. The van der Waals surface area contributed by atoms with Crippen molar-refractivity contribution in [3.05, 3.63) is 64.7 Å². The number of carbonyl (C=O) groups is 2. The number of esters is 1. The van der Waals surface area contributed by atoms with E-state index >= 15 is 0 Å². The van der Waals surface area contributed by atoms with Crippen LogP contribution >= 0.6 is 23.4 Å². The molecule has 7 heteroatoms. The summed E-state index contributed by atoms with van der Waals surface area (Å²) in [4.78, 5) is 27.7. The summed E-state index contributed by atoms with van der Waals surface area (Å²) in [7, 11) is 1.52. The number of rotatable bonds is 6. The highest BCUT2D eigenvalue weighted by Gasteiger charge is 2.44. The largest absolute Gasteiger partial charge is 0.496 e. The minimum atomic E-state index is -0.685. The molecule has 2 atom stereocenters. The molecule has 0 bridgehead atoms. The topological polar surface area (TPSA) is 55.8 Å². The lowest BCUT2D eigenvalue weighted by molar-refractivity contribution is -0.148. The molecular weight excluding hydrogens is 398 g/mol. The van der Waals surface area contributed by atoms with Gasteiger partial charge in [0.05, 0.1) is 19.3 Å². The fourth-order valence-electron chi connectivity index (χ4n) is 3.11. The van der Waals surface area contributed by atoms with E-state index in [2.05, 4.69) is 0 Å². The van der Waals surface area contributed by atoms with E-state index in [1.807, 2.05) is 25.1 Å². The van der Waals surface area contributed by atoms with Gasteiger partial charge in [-0.1, -0.05) is 48.9 Å². The van der Waals surface area contributed by atoms with E-state index in [-0.39, 0.29) is 11.3 Å². The van der Waals surface area contributed by atoms with Gasteiger partial charge in [0.1, 0.15) is 17.2 Å². The van der Waals surface area contributed by atoms with Gasteiger partial charge in [0, 0.05) is 16.3 Å². The number of nitrogens with zero attached hydrogens (tertiary/aromatic N) is 1. The Balaban J connectivity index is 2.01. The van der Waals surface area contributed by atoms with Gasteiger partial charge in [0.25, 0.3) is 5.91 Å². The third-order valence-electron chi connectivity index (χ3n) is 4.46. The molecule has 0 aromatic heterocycles. The molecule has 1 amide bonds. The van der Waals surface area contributed by atoms with Crippen LogP contribution < -0.4 is 4.74 Å². The van der Waals surface area contributed by atoms with Crippen LogP contribution in [0.2, 0.25) is 5.02 Å². The number of para-hydroxylation sites is 1. The van der Waals surface area contributed by atoms with Gasteiger partial charge in [0.2, 0.25) is 0 Å². The summed E-state index contributed by atoms with van der Waals surface area (Å²) in [5.41, 5.74) is 1.20. The molecule has 28 heavy (non-hydrogen) atoms. The average Bonchev–Trinajstić information content (AvgIpc) is 3.16. The molecule has 0 radical (unpaired) electrons. The fourth-order valence-corrected chi connectivity index (χ4v) is 4.86. The van der Waals surface area contributed by atoms with E-state index in [9.17, 15) is 9.59 Å². The summed E-state index contributed by atoms with van der Waals surface area (Å²) >= 11 is 7.90. The van der Waals surface area contributed by atoms with Gasteiger partial charge < -0.3 is 14.4 Å². The molecule has 1 aliphatic rings. The minimum Gasteiger partial charge on any atom is -0.496 e. The van der Waals surface area contributed by atoms with Crippen LogP contribution in [0, 0.1) is 0 Å². The molecule has 0 spiro atoms. The Morgan fingerprint density at radius 1 is 1.18 bits per heavy atom. The van der Waals surface area contributed by atoms with Crippen LogP contribution in [0.5, 0.6) is 5.75 Å². The van der Waals surface area contributed by atoms with Crippen molar-refractivity contribution in [2.45, 2.75) is 24.8 Å². The molecule has 0 unspecified atom stereocenters. The number of amides is 1. The Bertz CT molecular complexity index is 860. The molecule has 148 valence electrons. The smallest absolute Gasteiger partial charge is 0.329 e. The van der Waals surface area contributed by atoms with Crippen LogP contribution in [0.15, 0.2) is 48.5 Å². The molecule has 0 N–H and O–H groups in total. The number of hydrogen-bond acceptors (Lipinski definition) is 5. The number of thioether (sulfide) groups is 1. The van der Waals surface area contributed by atoms with Crippen LogP contribution in [0.3, 0.4) is 0 Å². The SMILES string of the molecule is CCCOC(=O)[C@@H]1CS[C@H](c2ccccc2Cl)N1C(=O)c1ccccc1OC. The van der Waals surface area contributed by atoms with Crippen LogP contribution in [0.25, 0.3) is 0 Å². The summed E-state index contributed by atoms with van der Waals surface area (Å²) in [5.74, 6) is 0.222. The lowest BCUT2D eigenvalue weighted by atomic mass is 10.1. The molecule has 1 fully saturated rings. The predicted octanol–water partition coefficient (Wildman–Crippen LogP) is 4.56. The van der Waals surface area contributed by atoms with Crippen LogP contribution in [-0.4, -0.2) is 42.3 Å². The fraction of sp³-hybridized carbons (Fsp3) is 0.333. The van der Waals surface area contributed by atoms with Crippen molar-refractivity contribution < 1.29 is 19.1 Å². The quantitative estimate of drug-likeness (QED) is 0.642. The zero-order valence-electron chi connectivity index (χ0n) is 15.8. The molecule has 0 aliphatic carbocycles. The Morgan fingerprint density at radius 3 is 2.61 bits per heavy atom. The Kier molecular flexibility index (Phi) is 6.86. The van der Waals surface area contributed by atoms with Gasteiger partial charge in [-0.2, -0.15) is 0 Å². The van der Waals surface area contributed by atoms with Gasteiger partial charge in [-0.25, -0.2) is 4.79 Å². The lowest BCUT2D eigenvalue weighted by Gasteiger charge is -2.29. The summed E-state index contributed by atoms with van der Waals surface area (Å²) in [6, 6.07) is 13.7. The molecule has 1 saturated heterocycles. The number of benzene rings is 2. The average molecular weight is 420 g/mol. The Labute approximate surface area is 174 Å². The van der Waals surface area contributed by atoms with E-state index < -0.39 is 12.0 Å². The Hall–Kier alpha value is -2.18. The lowest BCUT2D eigenvalue weighted by Crippen LogP contribution is -2.44. The van der Waals surface area contributed by atoms with Crippen molar-refractivity contribution in [2.75, 3.05) is 19.5 Å². The van der Waals surface area contributed by atoms with Crippen molar-refractivity contribution in [1.29, 1.82) is 0 Å². The summed E-state index contributed by atoms with van der Waals surface area (Å²) in [5, 5.41) is 0.172. The van der Waals surface area contributed by atoms with Crippen LogP contribution in [0.1, 0.15) is 34.6 Å². The van der Waals surface area contributed by atoms with E-state index in [4.69, 9.17) is 21.1 Å². The normalized spacial score (nSPS) is 18.8. The maximum absolute atomic E-state index is 13.5. The van der Waals surface area contributed by atoms with Crippen molar-refractivity contribution in [1.82, 2.24) is 4.90 Å². The highest BCUT2D eigenvalue weighted by Crippen LogP contribution is 2.45. The van der Waals surface area contributed by atoms with E-state index in [0.29, 0.717) is 28.7 Å². The number of ether oxygens (including phenoxy) is 2. The molecule has 1 heterocycles. The monoisotopic (exact) mass is 419 g/mol. The molecular formula is C21H22ClNO4S. The van der Waals surface area contributed by atoms with E-state index in [0.717, 1.165) is 12.0 Å². The molecule has 2 aromatic rings. The molecule has 3 rings (SSSR count). The first-order valence-corrected chi connectivity index (χ1v) is 10.5. The number of halogens is 1. The van der Waals surface area contributed by atoms with Crippen molar-refractivity contribution in [3.63, 3.8) is 0 Å². The summed E-state index contributed by atoms with van der Waals surface area (Å²) in [6.45, 7) is 2.26. The zero-order valence-corrected chi connectivity index (χ0v) is 17.3. The first-order valence-electron chi connectivity index (χ1n) is 9.06. The van der Waals surface area contributed by atoms with Crippen LogP contribution in [-0.2, 0) is 9.53 Å². The van der Waals surface area contributed by atoms with Crippen molar-refractivity contribution >= 4 is 35.2 Å². The van der Waals surface area contributed by atoms with Gasteiger partial charge in [-0.3, -0.25) is 4.79 Å². The first kappa shape index (κ1) is 20.6. The van der Waals surface area contributed by atoms with Gasteiger partial charge in [-0.15, -0.1) is 11.8 Å². The zero-order chi connectivity index (χ0) is 20.1. The molecule has 5 nitrogen and oxygen atoms in total.